The third-order valence-corrected chi connectivity index (χ3v) is 5.50. The van der Waals surface area contributed by atoms with Crippen molar-refractivity contribution in [3.8, 4) is 0 Å². The van der Waals surface area contributed by atoms with Gasteiger partial charge in [-0.05, 0) is 28.9 Å². The zero-order valence-corrected chi connectivity index (χ0v) is 13.7. The average Bonchev–Trinajstić information content (AvgIpc) is 2.87. The molecule has 0 aliphatic rings. The van der Waals surface area contributed by atoms with E-state index in [4.69, 9.17) is 5.73 Å². The fraction of sp³-hybridized carbons (Fsp3) is 0.364. The average molecular weight is 364 g/mol. The highest BCUT2D eigenvalue weighted by atomic mass is 79.9. The van der Waals surface area contributed by atoms with Crippen molar-refractivity contribution >= 4 is 37.1 Å². The summed E-state index contributed by atoms with van der Waals surface area (Å²) in [4.78, 5) is 1.23. The highest BCUT2D eigenvalue weighted by Gasteiger charge is 2.22. The maximum absolute atomic E-state index is 11.5. The van der Waals surface area contributed by atoms with Crippen LogP contribution in [0.25, 0.3) is 0 Å². The van der Waals surface area contributed by atoms with E-state index < -0.39 is 9.84 Å². The second-order valence-electron chi connectivity index (χ2n) is 4.40. The van der Waals surface area contributed by atoms with Crippen LogP contribution in [0, 0.1) is 0 Å². The van der Waals surface area contributed by atoms with Gasteiger partial charge in [-0.15, -0.1) is 11.3 Å². The minimum atomic E-state index is -3.25. The lowest BCUT2D eigenvalue weighted by Gasteiger charge is -2.19. The fourth-order valence-electron chi connectivity index (χ4n) is 1.78. The van der Waals surface area contributed by atoms with Gasteiger partial charge in [0, 0.05) is 33.2 Å². The topological polar surface area (TPSA) is 78.0 Å². The second kappa shape index (κ2) is 5.35. The standard InChI is InChI=1S/C11H14BrN3O2S2/c1-7(13)11(10-3-8(12)6-18-10)15-5-9(4-14-15)19(2,16)17/h3-7,11H,13H2,1-2H3. The summed E-state index contributed by atoms with van der Waals surface area (Å²) in [5.74, 6) is 0. The molecule has 0 aliphatic heterocycles. The van der Waals surface area contributed by atoms with E-state index in [9.17, 15) is 8.42 Å². The van der Waals surface area contributed by atoms with Crippen molar-refractivity contribution in [2.75, 3.05) is 6.26 Å². The smallest absolute Gasteiger partial charge is 0.178 e. The maximum Gasteiger partial charge on any atom is 0.178 e. The Kier molecular flexibility index (Phi) is 4.14. The summed E-state index contributed by atoms with van der Waals surface area (Å²) < 4.78 is 25.6. The number of thiophene rings is 1. The Balaban J connectivity index is 2.43. The van der Waals surface area contributed by atoms with Crippen LogP contribution >= 0.6 is 27.3 Å². The minimum absolute atomic E-state index is 0.174. The van der Waals surface area contributed by atoms with Gasteiger partial charge in [0.05, 0.1) is 6.20 Å². The first-order valence-corrected chi connectivity index (χ1v) is 9.09. The molecule has 5 nitrogen and oxygen atoms in total. The molecular weight excluding hydrogens is 350 g/mol. The molecule has 104 valence electrons. The van der Waals surface area contributed by atoms with Gasteiger partial charge in [0.15, 0.2) is 9.84 Å². The summed E-state index contributed by atoms with van der Waals surface area (Å²) in [7, 11) is -3.25. The van der Waals surface area contributed by atoms with Gasteiger partial charge in [0.2, 0.25) is 0 Å². The molecule has 0 aromatic carbocycles. The number of hydrogen-bond donors (Lipinski definition) is 1. The molecule has 0 spiro atoms. The number of hydrogen-bond acceptors (Lipinski definition) is 5. The number of nitrogens with zero attached hydrogens (tertiary/aromatic N) is 2. The lowest BCUT2D eigenvalue weighted by Crippen LogP contribution is -2.30. The van der Waals surface area contributed by atoms with E-state index in [-0.39, 0.29) is 17.0 Å². The molecule has 2 aromatic rings. The van der Waals surface area contributed by atoms with Crippen LogP contribution in [-0.2, 0) is 9.84 Å². The molecule has 2 N–H and O–H groups in total. The summed E-state index contributed by atoms with van der Waals surface area (Å²) in [5, 5.41) is 6.10. The molecule has 2 aromatic heterocycles. The quantitative estimate of drug-likeness (QED) is 0.901. The first-order valence-electron chi connectivity index (χ1n) is 5.53. The van der Waals surface area contributed by atoms with Crippen molar-refractivity contribution in [3.05, 3.63) is 33.2 Å². The highest BCUT2D eigenvalue weighted by Crippen LogP contribution is 2.30. The van der Waals surface area contributed by atoms with Crippen LogP contribution in [0.1, 0.15) is 17.8 Å². The third-order valence-electron chi connectivity index (χ3n) is 2.67. The van der Waals surface area contributed by atoms with Crippen molar-refractivity contribution in [2.45, 2.75) is 23.9 Å². The van der Waals surface area contributed by atoms with Crippen molar-refractivity contribution in [1.82, 2.24) is 9.78 Å². The first kappa shape index (κ1) is 14.7. The van der Waals surface area contributed by atoms with E-state index >= 15 is 0 Å². The normalized spacial score (nSPS) is 15.4. The van der Waals surface area contributed by atoms with Crippen molar-refractivity contribution in [2.24, 2.45) is 5.73 Å². The molecule has 0 fully saturated rings. The van der Waals surface area contributed by atoms with E-state index in [1.54, 1.807) is 16.0 Å². The molecule has 0 bridgehead atoms. The number of halogens is 1. The number of rotatable bonds is 4. The van der Waals surface area contributed by atoms with Crippen LogP contribution in [0.5, 0.6) is 0 Å². The Morgan fingerprint density at radius 2 is 2.21 bits per heavy atom. The fourth-order valence-corrected chi connectivity index (χ4v) is 3.97. The first-order chi connectivity index (χ1) is 8.79. The van der Waals surface area contributed by atoms with Crippen molar-refractivity contribution in [1.29, 1.82) is 0 Å². The Hall–Kier alpha value is -0.700. The van der Waals surface area contributed by atoms with Gasteiger partial charge in [-0.1, -0.05) is 0 Å². The Morgan fingerprint density at radius 3 is 2.63 bits per heavy atom. The number of aromatic nitrogens is 2. The van der Waals surface area contributed by atoms with Gasteiger partial charge >= 0.3 is 0 Å². The third kappa shape index (κ3) is 3.25. The highest BCUT2D eigenvalue weighted by molar-refractivity contribution is 9.10. The van der Waals surface area contributed by atoms with Gasteiger partial charge in [-0.25, -0.2) is 8.42 Å². The van der Waals surface area contributed by atoms with E-state index in [1.807, 2.05) is 18.4 Å². The van der Waals surface area contributed by atoms with Crippen LogP contribution in [0.3, 0.4) is 0 Å². The van der Waals surface area contributed by atoms with E-state index in [0.29, 0.717) is 0 Å². The summed E-state index contributed by atoms with van der Waals surface area (Å²) in [6.07, 6.45) is 4.04. The van der Waals surface area contributed by atoms with Crippen LogP contribution in [0.15, 0.2) is 33.2 Å². The molecular formula is C11H14BrN3O2S2. The maximum atomic E-state index is 11.5. The van der Waals surface area contributed by atoms with Gasteiger partial charge in [0.1, 0.15) is 10.9 Å². The van der Waals surface area contributed by atoms with Gasteiger partial charge < -0.3 is 5.73 Å². The second-order valence-corrected chi connectivity index (χ2v) is 8.27. The Morgan fingerprint density at radius 1 is 1.53 bits per heavy atom. The van der Waals surface area contributed by atoms with Crippen LogP contribution < -0.4 is 5.73 Å². The van der Waals surface area contributed by atoms with Gasteiger partial charge in [0.25, 0.3) is 0 Å². The molecule has 0 saturated carbocycles. The van der Waals surface area contributed by atoms with Gasteiger partial charge in [-0.3, -0.25) is 4.68 Å². The van der Waals surface area contributed by atoms with Gasteiger partial charge in [-0.2, -0.15) is 5.10 Å². The summed E-state index contributed by atoms with van der Waals surface area (Å²) in [6, 6.07) is 1.62. The van der Waals surface area contributed by atoms with Crippen molar-refractivity contribution in [3.63, 3.8) is 0 Å². The molecule has 0 aliphatic carbocycles. The van der Waals surface area contributed by atoms with Crippen LogP contribution in [0.4, 0.5) is 0 Å². The number of nitrogens with two attached hydrogens (primary N) is 1. The Bertz CT molecular complexity index is 676. The van der Waals surface area contributed by atoms with Crippen molar-refractivity contribution < 1.29 is 8.42 Å². The van der Waals surface area contributed by atoms with E-state index in [1.165, 1.54) is 12.4 Å². The van der Waals surface area contributed by atoms with Crippen LogP contribution in [0.2, 0.25) is 0 Å². The monoisotopic (exact) mass is 363 g/mol. The molecule has 8 heteroatoms. The molecule has 0 amide bonds. The lowest BCUT2D eigenvalue weighted by molar-refractivity contribution is 0.459. The van der Waals surface area contributed by atoms with E-state index in [0.717, 1.165) is 15.6 Å². The molecule has 19 heavy (non-hydrogen) atoms. The SMILES string of the molecule is CC(N)C(c1cc(Br)cs1)n1cc(S(C)(=O)=O)cn1. The molecule has 2 heterocycles. The summed E-state index contributed by atoms with van der Waals surface area (Å²) >= 11 is 4.96. The molecule has 0 radical (unpaired) electrons. The molecule has 2 atom stereocenters. The Labute approximate surface area is 124 Å². The molecule has 0 saturated heterocycles. The lowest BCUT2D eigenvalue weighted by atomic mass is 10.1. The predicted molar refractivity (Wildman–Crippen MR) is 79.1 cm³/mol. The zero-order chi connectivity index (χ0) is 14.2. The zero-order valence-electron chi connectivity index (χ0n) is 10.4. The van der Waals surface area contributed by atoms with Crippen LogP contribution in [-0.4, -0.2) is 30.5 Å². The molecule has 2 unspecified atom stereocenters. The summed E-state index contributed by atoms with van der Waals surface area (Å²) in [6.45, 7) is 1.88. The minimum Gasteiger partial charge on any atom is -0.326 e. The molecule has 2 rings (SSSR count). The largest absolute Gasteiger partial charge is 0.326 e. The predicted octanol–water partition coefficient (Wildman–Crippen LogP) is 2.05. The van der Waals surface area contributed by atoms with E-state index in [2.05, 4.69) is 21.0 Å². The summed E-state index contributed by atoms with van der Waals surface area (Å²) in [5.41, 5.74) is 6.01. The number of sulfone groups is 1.